The third kappa shape index (κ3) is 3.97. The molecule has 0 aliphatic carbocycles. The average molecular weight is 260 g/mol. The van der Waals surface area contributed by atoms with Gasteiger partial charge in [0.15, 0.2) is 0 Å². The zero-order valence-electron chi connectivity index (χ0n) is 10.6. The minimum absolute atomic E-state index is 0.244. The molecule has 1 aromatic rings. The standard InChI is InChI=1S/C14H16N2O3/c15-8-13-9-16(6-7-18-10-13)14(17)19-11-12-4-2-1-3-5-12/h1-5,13H,6-7,9-11H2. The lowest BCUT2D eigenvalue weighted by atomic mass is 10.2. The number of nitrogens with zero attached hydrogens (tertiary/aromatic N) is 2. The van der Waals surface area contributed by atoms with Gasteiger partial charge >= 0.3 is 6.09 Å². The molecule has 1 unspecified atom stereocenters. The Balaban J connectivity index is 1.87. The average Bonchev–Trinajstić information content (AvgIpc) is 2.71. The lowest BCUT2D eigenvalue weighted by Crippen LogP contribution is -2.36. The molecule has 1 heterocycles. The van der Waals surface area contributed by atoms with E-state index in [0.717, 1.165) is 5.56 Å². The fraction of sp³-hybridized carbons (Fsp3) is 0.429. The zero-order chi connectivity index (χ0) is 13.5. The lowest BCUT2D eigenvalue weighted by molar-refractivity contribution is 0.0916. The number of rotatable bonds is 2. The van der Waals surface area contributed by atoms with E-state index < -0.39 is 6.09 Å². The lowest BCUT2D eigenvalue weighted by Gasteiger charge is -2.20. The van der Waals surface area contributed by atoms with Gasteiger partial charge in [0, 0.05) is 13.1 Å². The Hall–Kier alpha value is -2.06. The molecule has 1 aliphatic rings. The molecule has 1 aromatic carbocycles. The molecule has 1 aliphatic heterocycles. The highest BCUT2D eigenvalue weighted by Gasteiger charge is 2.23. The second-order valence-corrected chi connectivity index (χ2v) is 4.39. The number of hydrogen-bond acceptors (Lipinski definition) is 4. The van der Waals surface area contributed by atoms with Crippen LogP contribution in [0.2, 0.25) is 0 Å². The van der Waals surface area contributed by atoms with Crippen molar-refractivity contribution in [1.82, 2.24) is 4.90 Å². The SMILES string of the molecule is N#CC1COCCN(C(=O)OCc2ccccc2)C1. The molecule has 0 radical (unpaired) electrons. The predicted octanol–water partition coefficient (Wildman–Crippen LogP) is 1.80. The number of carbonyl (C=O) groups is 1. The molecule has 1 saturated heterocycles. The van der Waals surface area contributed by atoms with Gasteiger partial charge < -0.3 is 14.4 Å². The summed E-state index contributed by atoms with van der Waals surface area (Å²) >= 11 is 0. The molecule has 1 fully saturated rings. The van der Waals surface area contributed by atoms with Crippen molar-refractivity contribution in [3.05, 3.63) is 35.9 Å². The van der Waals surface area contributed by atoms with Crippen LogP contribution < -0.4 is 0 Å². The van der Waals surface area contributed by atoms with Crippen molar-refractivity contribution in [2.24, 2.45) is 5.92 Å². The molecular formula is C14H16N2O3. The van der Waals surface area contributed by atoms with Crippen molar-refractivity contribution in [2.75, 3.05) is 26.3 Å². The van der Waals surface area contributed by atoms with Crippen LogP contribution in [0.4, 0.5) is 4.79 Å². The smallest absolute Gasteiger partial charge is 0.410 e. The highest BCUT2D eigenvalue weighted by molar-refractivity contribution is 5.67. The first-order valence-electron chi connectivity index (χ1n) is 6.22. The Morgan fingerprint density at radius 3 is 3.00 bits per heavy atom. The van der Waals surface area contributed by atoms with Crippen LogP contribution in [0.5, 0.6) is 0 Å². The third-order valence-corrected chi connectivity index (χ3v) is 2.91. The highest BCUT2D eigenvalue weighted by Crippen LogP contribution is 2.09. The summed E-state index contributed by atoms with van der Waals surface area (Å²) in [5.41, 5.74) is 0.943. The molecule has 0 saturated carbocycles. The van der Waals surface area contributed by atoms with Crippen molar-refractivity contribution in [1.29, 1.82) is 5.26 Å². The van der Waals surface area contributed by atoms with Crippen LogP contribution in [-0.2, 0) is 16.1 Å². The summed E-state index contributed by atoms with van der Waals surface area (Å²) in [7, 11) is 0. The first kappa shape index (κ1) is 13.4. The van der Waals surface area contributed by atoms with Gasteiger partial charge in [-0.1, -0.05) is 30.3 Å². The summed E-state index contributed by atoms with van der Waals surface area (Å²) in [5, 5.41) is 8.91. The topological polar surface area (TPSA) is 62.6 Å². The Morgan fingerprint density at radius 1 is 1.47 bits per heavy atom. The Bertz CT molecular complexity index is 456. The summed E-state index contributed by atoms with van der Waals surface area (Å²) in [5.74, 6) is -0.285. The normalized spacial score (nSPS) is 19.3. The summed E-state index contributed by atoms with van der Waals surface area (Å²) in [6.45, 7) is 1.89. The van der Waals surface area contributed by atoms with Gasteiger partial charge in [0.2, 0.25) is 0 Å². The first-order chi connectivity index (χ1) is 9.29. The summed E-state index contributed by atoms with van der Waals surface area (Å²) in [6.07, 6.45) is -0.394. The van der Waals surface area contributed by atoms with Gasteiger partial charge in [-0.25, -0.2) is 4.79 Å². The van der Waals surface area contributed by atoms with Gasteiger partial charge in [0.25, 0.3) is 0 Å². The number of benzene rings is 1. The highest BCUT2D eigenvalue weighted by atomic mass is 16.6. The Kier molecular flexibility index (Phi) is 4.76. The van der Waals surface area contributed by atoms with E-state index in [9.17, 15) is 4.79 Å². The number of nitriles is 1. The van der Waals surface area contributed by atoms with Crippen molar-refractivity contribution in [3.8, 4) is 6.07 Å². The molecule has 0 bridgehead atoms. The molecule has 0 N–H and O–H groups in total. The van der Waals surface area contributed by atoms with Crippen LogP contribution in [0.15, 0.2) is 30.3 Å². The Labute approximate surface area is 112 Å². The second kappa shape index (κ2) is 6.76. The van der Waals surface area contributed by atoms with Crippen LogP contribution in [0, 0.1) is 17.2 Å². The van der Waals surface area contributed by atoms with E-state index in [0.29, 0.717) is 26.3 Å². The fourth-order valence-electron chi connectivity index (χ4n) is 1.86. The van der Waals surface area contributed by atoms with E-state index in [1.54, 1.807) is 0 Å². The third-order valence-electron chi connectivity index (χ3n) is 2.91. The number of carbonyl (C=O) groups excluding carboxylic acids is 1. The zero-order valence-corrected chi connectivity index (χ0v) is 10.6. The van der Waals surface area contributed by atoms with E-state index >= 15 is 0 Å². The summed E-state index contributed by atoms with van der Waals surface area (Å²) in [6, 6.07) is 11.6. The van der Waals surface area contributed by atoms with Crippen LogP contribution >= 0.6 is 0 Å². The first-order valence-corrected chi connectivity index (χ1v) is 6.22. The number of ether oxygens (including phenoxy) is 2. The molecule has 0 spiro atoms. The maximum atomic E-state index is 11.9. The second-order valence-electron chi connectivity index (χ2n) is 4.39. The van der Waals surface area contributed by atoms with E-state index in [4.69, 9.17) is 14.7 Å². The van der Waals surface area contributed by atoms with Crippen LogP contribution in [0.1, 0.15) is 5.56 Å². The monoisotopic (exact) mass is 260 g/mol. The molecule has 0 aromatic heterocycles. The molecule has 2 rings (SSSR count). The van der Waals surface area contributed by atoms with Crippen LogP contribution in [-0.4, -0.2) is 37.3 Å². The number of hydrogen-bond donors (Lipinski definition) is 0. The van der Waals surface area contributed by atoms with Gasteiger partial charge in [-0.2, -0.15) is 5.26 Å². The summed E-state index contributed by atoms with van der Waals surface area (Å²) < 4.78 is 10.5. The maximum absolute atomic E-state index is 11.9. The van der Waals surface area contributed by atoms with Gasteiger partial charge in [-0.15, -0.1) is 0 Å². The molecule has 5 nitrogen and oxygen atoms in total. The minimum atomic E-state index is -0.394. The minimum Gasteiger partial charge on any atom is -0.445 e. The maximum Gasteiger partial charge on any atom is 0.410 e. The largest absolute Gasteiger partial charge is 0.445 e. The molecule has 5 heteroatoms. The van der Waals surface area contributed by atoms with Crippen LogP contribution in [0.3, 0.4) is 0 Å². The molecule has 1 atom stereocenters. The molecular weight excluding hydrogens is 244 g/mol. The van der Waals surface area contributed by atoms with Gasteiger partial charge in [0.05, 0.1) is 25.2 Å². The van der Waals surface area contributed by atoms with Gasteiger partial charge in [-0.3, -0.25) is 0 Å². The molecule has 1 amide bonds. The van der Waals surface area contributed by atoms with Crippen molar-refractivity contribution in [2.45, 2.75) is 6.61 Å². The van der Waals surface area contributed by atoms with E-state index in [1.807, 2.05) is 30.3 Å². The van der Waals surface area contributed by atoms with Crippen LogP contribution in [0.25, 0.3) is 0 Å². The summed E-state index contributed by atoms with van der Waals surface area (Å²) in [4.78, 5) is 13.5. The van der Waals surface area contributed by atoms with Crippen molar-refractivity contribution >= 4 is 6.09 Å². The van der Waals surface area contributed by atoms with E-state index in [2.05, 4.69) is 6.07 Å². The molecule has 19 heavy (non-hydrogen) atoms. The predicted molar refractivity (Wildman–Crippen MR) is 68.1 cm³/mol. The van der Waals surface area contributed by atoms with Crippen molar-refractivity contribution < 1.29 is 14.3 Å². The van der Waals surface area contributed by atoms with Gasteiger partial charge in [-0.05, 0) is 5.56 Å². The van der Waals surface area contributed by atoms with Gasteiger partial charge in [0.1, 0.15) is 6.61 Å². The quantitative estimate of drug-likeness (QED) is 0.813. The number of amides is 1. The molecule has 100 valence electrons. The Morgan fingerprint density at radius 2 is 2.26 bits per heavy atom. The van der Waals surface area contributed by atoms with E-state index in [-0.39, 0.29) is 12.5 Å². The fourth-order valence-corrected chi connectivity index (χ4v) is 1.86. The van der Waals surface area contributed by atoms with Crippen molar-refractivity contribution in [3.63, 3.8) is 0 Å². The van der Waals surface area contributed by atoms with E-state index in [1.165, 1.54) is 4.90 Å².